The van der Waals surface area contributed by atoms with Crippen LogP contribution in [0.2, 0.25) is 0 Å². The van der Waals surface area contributed by atoms with Crippen molar-refractivity contribution >= 4 is 17.3 Å². The third-order valence-electron chi connectivity index (χ3n) is 4.14. The number of hydrogen-bond donors (Lipinski definition) is 0. The maximum atomic E-state index is 15.7. The lowest BCUT2D eigenvalue weighted by Crippen LogP contribution is -2.54. The Labute approximate surface area is 134 Å². The van der Waals surface area contributed by atoms with Gasteiger partial charge in [-0.05, 0) is 24.5 Å². The Hall–Kier alpha value is -2.31. The maximum absolute atomic E-state index is 15.7. The number of nitrogens with zero attached hydrogens (tertiary/aromatic N) is 3. The fraction of sp³-hybridized carbons (Fsp3) is 0.500. The van der Waals surface area contributed by atoms with E-state index in [1.807, 2.05) is 0 Å². The first-order valence-corrected chi connectivity index (χ1v) is 7.34. The minimum Gasteiger partial charge on any atom is -0.268 e. The van der Waals surface area contributed by atoms with Crippen LogP contribution in [0.5, 0.6) is 0 Å². The molecule has 1 aromatic rings. The second-order valence-electron chi connectivity index (χ2n) is 6.78. The van der Waals surface area contributed by atoms with Crippen LogP contribution in [-0.2, 0) is 4.79 Å². The molecule has 2 atom stereocenters. The molecule has 0 bridgehead atoms. The number of alkyl halides is 1. The van der Waals surface area contributed by atoms with Gasteiger partial charge in [-0.15, -0.1) is 0 Å². The van der Waals surface area contributed by atoms with Crippen LogP contribution in [-0.4, -0.2) is 28.8 Å². The van der Waals surface area contributed by atoms with Crippen molar-refractivity contribution in [1.29, 1.82) is 0 Å². The zero-order chi connectivity index (χ0) is 17.4. The van der Waals surface area contributed by atoms with Gasteiger partial charge in [0.2, 0.25) is 12.2 Å². The van der Waals surface area contributed by atoms with Crippen molar-refractivity contribution in [3.05, 3.63) is 40.4 Å². The van der Waals surface area contributed by atoms with Crippen LogP contribution in [0.3, 0.4) is 0 Å². The second-order valence-corrected chi connectivity index (χ2v) is 6.78. The smallest absolute Gasteiger partial charge is 0.268 e. The van der Waals surface area contributed by atoms with Gasteiger partial charge in [-0.25, -0.2) is 4.39 Å². The van der Waals surface area contributed by atoms with Gasteiger partial charge in [-0.2, -0.15) is 10.1 Å². The summed E-state index contributed by atoms with van der Waals surface area (Å²) >= 11 is 0. The lowest BCUT2D eigenvalue weighted by atomic mass is 9.69. The Balaban J connectivity index is 2.47. The first kappa shape index (κ1) is 17.1. The van der Waals surface area contributed by atoms with Crippen LogP contribution in [0, 0.1) is 21.4 Å². The molecule has 7 heteroatoms. The molecule has 0 radical (unpaired) electrons. The molecule has 124 valence electrons. The van der Waals surface area contributed by atoms with E-state index in [1.165, 1.54) is 6.92 Å². The Morgan fingerprint density at radius 2 is 1.91 bits per heavy atom. The molecule has 23 heavy (non-hydrogen) atoms. The van der Waals surface area contributed by atoms with Crippen molar-refractivity contribution < 1.29 is 14.1 Å². The number of hydrazone groups is 1. The van der Waals surface area contributed by atoms with Gasteiger partial charge in [0.15, 0.2) is 0 Å². The minimum atomic E-state index is -2.48. The SMILES string of the molecule is CC1=NN(c2ccccc2)C(=O)[C@]1(F)[C@H](C[N+](=O)[O-])C(C)(C)C. The molecule has 1 aliphatic heterocycles. The van der Waals surface area contributed by atoms with Crippen LogP contribution >= 0.6 is 0 Å². The van der Waals surface area contributed by atoms with Gasteiger partial charge in [0.1, 0.15) is 0 Å². The van der Waals surface area contributed by atoms with Crippen molar-refractivity contribution in [3.63, 3.8) is 0 Å². The highest BCUT2D eigenvalue weighted by atomic mass is 19.1. The summed E-state index contributed by atoms with van der Waals surface area (Å²) < 4.78 is 15.7. The predicted octanol–water partition coefficient (Wildman–Crippen LogP) is 3.06. The number of para-hydroxylation sites is 1. The Morgan fingerprint density at radius 3 is 2.39 bits per heavy atom. The van der Waals surface area contributed by atoms with Gasteiger partial charge in [0.05, 0.1) is 17.3 Å². The van der Waals surface area contributed by atoms with Gasteiger partial charge in [-0.3, -0.25) is 14.9 Å². The highest BCUT2D eigenvalue weighted by Crippen LogP contribution is 2.43. The van der Waals surface area contributed by atoms with E-state index in [1.54, 1.807) is 51.1 Å². The molecule has 0 aromatic heterocycles. The standard InChI is InChI=1S/C16H20FN3O3/c1-11-16(17,13(10-19(22)23)15(2,3)4)14(21)20(18-11)12-8-6-5-7-9-12/h5-9,13H,10H2,1-4H3/t13-,16-/m1/s1. The van der Waals surface area contributed by atoms with Crippen LogP contribution in [0.25, 0.3) is 0 Å². The molecule has 0 N–H and O–H groups in total. The number of hydrogen-bond acceptors (Lipinski definition) is 4. The summed E-state index contributed by atoms with van der Waals surface area (Å²) in [4.78, 5) is 23.1. The van der Waals surface area contributed by atoms with Crippen LogP contribution in [0.4, 0.5) is 10.1 Å². The van der Waals surface area contributed by atoms with E-state index >= 15 is 4.39 Å². The summed E-state index contributed by atoms with van der Waals surface area (Å²) in [6, 6.07) is 8.47. The highest BCUT2D eigenvalue weighted by molar-refractivity contribution is 6.21. The van der Waals surface area contributed by atoms with Crippen molar-refractivity contribution in [1.82, 2.24) is 0 Å². The summed E-state index contributed by atoms with van der Waals surface area (Å²) in [5, 5.41) is 16.0. The van der Waals surface area contributed by atoms with Crippen LogP contribution < -0.4 is 5.01 Å². The van der Waals surface area contributed by atoms with Gasteiger partial charge < -0.3 is 0 Å². The number of rotatable bonds is 4. The van der Waals surface area contributed by atoms with Crippen molar-refractivity contribution in [3.8, 4) is 0 Å². The van der Waals surface area contributed by atoms with Gasteiger partial charge in [0.25, 0.3) is 5.91 Å². The molecular weight excluding hydrogens is 301 g/mol. The first-order valence-electron chi connectivity index (χ1n) is 7.34. The Kier molecular flexibility index (Phi) is 4.24. The van der Waals surface area contributed by atoms with Crippen LogP contribution in [0.15, 0.2) is 35.4 Å². The summed E-state index contributed by atoms with van der Waals surface area (Å²) in [6.45, 7) is 5.83. The lowest BCUT2D eigenvalue weighted by Gasteiger charge is -2.35. The summed E-state index contributed by atoms with van der Waals surface area (Å²) in [5.41, 5.74) is -2.87. The average Bonchev–Trinajstić information content (AvgIpc) is 2.69. The molecular formula is C16H20FN3O3. The fourth-order valence-electron chi connectivity index (χ4n) is 2.87. The highest BCUT2D eigenvalue weighted by Gasteiger charge is 2.60. The third-order valence-corrected chi connectivity index (χ3v) is 4.14. The molecule has 6 nitrogen and oxygen atoms in total. The van der Waals surface area contributed by atoms with Gasteiger partial charge in [-0.1, -0.05) is 39.0 Å². The minimum absolute atomic E-state index is 0.0480. The molecule has 0 unspecified atom stereocenters. The zero-order valence-corrected chi connectivity index (χ0v) is 13.6. The van der Waals surface area contributed by atoms with E-state index in [-0.39, 0.29) is 5.71 Å². The van der Waals surface area contributed by atoms with Gasteiger partial charge >= 0.3 is 0 Å². The number of amides is 1. The molecule has 0 spiro atoms. The lowest BCUT2D eigenvalue weighted by molar-refractivity contribution is -0.493. The normalized spacial score (nSPS) is 22.9. The van der Waals surface area contributed by atoms with Crippen molar-refractivity contribution in [2.45, 2.75) is 33.4 Å². The third kappa shape index (κ3) is 2.95. The van der Waals surface area contributed by atoms with E-state index < -0.39 is 34.4 Å². The number of carbonyl (C=O) groups excluding carboxylic acids is 1. The van der Waals surface area contributed by atoms with Crippen LogP contribution in [0.1, 0.15) is 27.7 Å². The number of halogens is 1. The average molecular weight is 321 g/mol. The number of anilines is 1. The fourth-order valence-corrected chi connectivity index (χ4v) is 2.87. The maximum Gasteiger partial charge on any atom is 0.291 e. The Morgan fingerprint density at radius 1 is 1.35 bits per heavy atom. The van der Waals surface area contributed by atoms with E-state index in [9.17, 15) is 14.9 Å². The van der Waals surface area contributed by atoms with Gasteiger partial charge in [0, 0.05) is 4.92 Å². The predicted molar refractivity (Wildman–Crippen MR) is 85.7 cm³/mol. The van der Waals surface area contributed by atoms with Crippen molar-refractivity contribution in [2.24, 2.45) is 16.4 Å². The quantitative estimate of drug-likeness (QED) is 0.632. The van der Waals surface area contributed by atoms with E-state index in [2.05, 4.69) is 5.10 Å². The number of nitro groups is 1. The summed E-state index contributed by atoms with van der Waals surface area (Å²) in [6.07, 6.45) is 0. The molecule has 1 aromatic carbocycles. The molecule has 0 aliphatic carbocycles. The monoisotopic (exact) mass is 321 g/mol. The number of carbonyl (C=O) groups is 1. The summed E-state index contributed by atoms with van der Waals surface area (Å²) in [7, 11) is 0. The largest absolute Gasteiger partial charge is 0.291 e. The molecule has 1 aliphatic rings. The first-order chi connectivity index (χ1) is 10.6. The Bertz CT molecular complexity index is 654. The molecule has 0 saturated heterocycles. The molecule has 1 amide bonds. The zero-order valence-electron chi connectivity index (χ0n) is 13.6. The topological polar surface area (TPSA) is 75.8 Å². The molecule has 0 saturated carbocycles. The summed E-state index contributed by atoms with van der Waals surface area (Å²) in [5.74, 6) is -1.99. The van der Waals surface area contributed by atoms with Crippen molar-refractivity contribution in [2.75, 3.05) is 11.6 Å². The second kappa shape index (κ2) is 5.72. The molecule has 1 heterocycles. The van der Waals surface area contributed by atoms with E-state index in [4.69, 9.17) is 0 Å². The molecule has 2 rings (SSSR count). The number of benzene rings is 1. The molecule has 0 fully saturated rings. The van der Waals surface area contributed by atoms with E-state index in [0.29, 0.717) is 5.69 Å². The van der Waals surface area contributed by atoms with E-state index in [0.717, 1.165) is 5.01 Å².